The van der Waals surface area contributed by atoms with E-state index in [0.717, 1.165) is 43.4 Å². The summed E-state index contributed by atoms with van der Waals surface area (Å²) >= 11 is 5.94. The normalized spacial score (nSPS) is 17.1. The highest BCUT2D eigenvalue weighted by Gasteiger charge is 2.26. The van der Waals surface area contributed by atoms with Gasteiger partial charge in [-0.05, 0) is 54.8 Å². The highest BCUT2D eigenvalue weighted by Crippen LogP contribution is 2.30. The fourth-order valence-electron chi connectivity index (χ4n) is 3.87. The van der Waals surface area contributed by atoms with Crippen molar-refractivity contribution in [1.29, 1.82) is 0 Å². The van der Waals surface area contributed by atoms with Gasteiger partial charge >= 0.3 is 0 Å². The smallest absolute Gasteiger partial charge is 0.223 e. The van der Waals surface area contributed by atoms with Crippen molar-refractivity contribution in [2.45, 2.75) is 44.6 Å². The summed E-state index contributed by atoms with van der Waals surface area (Å²) in [4.78, 5) is 23.5. The van der Waals surface area contributed by atoms with Crippen LogP contribution in [0.5, 0.6) is 0 Å². The van der Waals surface area contributed by atoms with Crippen LogP contribution in [-0.2, 0) is 11.2 Å². The molecule has 1 atom stereocenters. The zero-order chi connectivity index (χ0) is 20.1. The molecule has 0 radical (unpaired) electrons. The van der Waals surface area contributed by atoms with Gasteiger partial charge in [-0.3, -0.25) is 9.78 Å². The number of aryl methyl sites for hydroxylation is 1. The number of aromatic nitrogens is 2. The third-order valence-electron chi connectivity index (χ3n) is 5.40. The lowest BCUT2D eigenvalue weighted by atomic mass is 10.0. The Bertz CT molecular complexity index is 940. The Hall–Kier alpha value is -2.66. The van der Waals surface area contributed by atoms with E-state index in [-0.39, 0.29) is 11.9 Å². The maximum atomic E-state index is 13.0. The first-order valence-electron chi connectivity index (χ1n) is 10.1. The van der Waals surface area contributed by atoms with E-state index in [9.17, 15) is 4.79 Å². The van der Waals surface area contributed by atoms with Gasteiger partial charge in [0.05, 0.1) is 12.2 Å². The van der Waals surface area contributed by atoms with Crippen molar-refractivity contribution in [1.82, 2.24) is 14.9 Å². The van der Waals surface area contributed by atoms with E-state index < -0.39 is 0 Å². The number of amides is 1. The van der Waals surface area contributed by atoms with Crippen LogP contribution in [0.25, 0.3) is 11.3 Å². The van der Waals surface area contributed by atoms with Crippen LogP contribution in [-0.4, -0.2) is 27.3 Å². The summed E-state index contributed by atoms with van der Waals surface area (Å²) in [5, 5.41) is 0.681. The van der Waals surface area contributed by atoms with Gasteiger partial charge in [0.1, 0.15) is 0 Å². The summed E-state index contributed by atoms with van der Waals surface area (Å²) in [7, 11) is 0. The largest absolute Gasteiger partial charge is 0.441 e. The molecule has 0 spiro atoms. The Balaban J connectivity index is 1.42. The second-order valence-corrected chi connectivity index (χ2v) is 7.79. The molecule has 2 aromatic heterocycles. The molecule has 6 heteroatoms. The summed E-state index contributed by atoms with van der Waals surface area (Å²) < 4.78 is 5.85. The zero-order valence-electron chi connectivity index (χ0n) is 16.3. The van der Waals surface area contributed by atoms with Crippen LogP contribution in [0.1, 0.15) is 49.6 Å². The van der Waals surface area contributed by atoms with E-state index in [1.807, 2.05) is 41.3 Å². The first kappa shape index (κ1) is 19.6. The topological polar surface area (TPSA) is 59.2 Å². The highest BCUT2D eigenvalue weighted by molar-refractivity contribution is 6.30. The number of hydrogen-bond donors (Lipinski definition) is 0. The molecule has 5 nitrogen and oxygen atoms in total. The van der Waals surface area contributed by atoms with Crippen LogP contribution in [0.2, 0.25) is 5.02 Å². The Morgan fingerprint density at radius 2 is 1.90 bits per heavy atom. The molecule has 1 aromatic carbocycles. The van der Waals surface area contributed by atoms with Gasteiger partial charge in [0.15, 0.2) is 11.7 Å². The monoisotopic (exact) mass is 409 g/mol. The maximum Gasteiger partial charge on any atom is 0.223 e. The molecule has 29 heavy (non-hydrogen) atoms. The fourth-order valence-corrected chi connectivity index (χ4v) is 4.00. The standard InChI is InChI=1S/C23H24ClN3O2/c24-19-7-5-18(6-8-19)21-16-26-22(29-21)9-10-23(28)27-15-3-1-2-4-20(27)17-11-13-25-14-12-17/h5-8,11-14,16,20H,1-4,9-10,15H2. The molecule has 0 bridgehead atoms. The maximum absolute atomic E-state index is 13.0. The number of likely N-dealkylation sites (tertiary alicyclic amines) is 1. The number of carbonyl (C=O) groups is 1. The Morgan fingerprint density at radius 1 is 1.10 bits per heavy atom. The molecule has 4 rings (SSSR count). The minimum atomic E-state index is 0.127. The van der Waals surface area contributed by atoms with Gasteiger partial charge in [0.25, 0.3) is 0 Å². The van der Waals surface area contributed by atoms with Crippen molar-refractivity contribution in [2.75, 3.05) is 6.54 Å². The molecule has 3 aromatic rings. The lowest BCUT2D eigenvalue weighted by Crippen LogP contribution is -2.35. The van der Waals surface area contributed by atoms with Crippen LogP contribution in [0, 0.1) is 0 Å². The number of hydrogen-bond acceptors (Lipinski definition) is 4. The van der Waals surface area contributed by atoms with Gasteiger partial charge in [-0.25, -0.2) is 4.98 Å². The number of halogens is 1. The third-order valence-corrected chi connectivity index (χ3v) is 5.65. The van der Waals surface area contributed by atoms with E-state index in [2.05, 4.69) is 9.97 Å². The number of nitrogens with zero attached hydrogens (tertiary/aromatic N) is 3. The summed E-state index contributed by atoms with van der Waals surface area (Å²) in [6, 6.07) is 11.6. The van der Waals surface area contributed by atoms with E-state index in [1.165, 1.54) is 0 Å². The first-order valence-corrected chi connectivity index (χ1v) is 10.5. The Morgan fingerprint density at radius 3 is 2.69 bits per heavy atom. The second-order valence-electron chi connectivity index (χ2n) is 7.36. The lowest BCUT2D eigenvalue weighted by Gasteiger charge is -2.30. The van der Waals surface area contributed by atoms with Crippen molar-refractivity contribution in [3.8, 4) is 11.3 Å². The molecule has 150 valence electrons. The number of pyridine rings is 1. The number of carbonyl (C=O) groups excluding carboxylic acids is 1. The number of rotatable bonds is 5. The minimum Gasteiger partial charge on any atom is -0.441 e. The Labute approximate surface area is 175 Å². The Kier molecular flexibility index (Phi) is 6.25. The highest BCUT2D eigenvalue weighted by atomic mass is 35.5. The summed E-state index contributed by atoms with van der Waals surface area (Å²) in [5.74, 6) is 1.42. The number of oxazole rings is 1. The predicted octanol–water partition coefficient (Wildman–Crippen LogP) is 5.47. The molecule has 0 aliphatic carbocycles. The van der Waals surface area contributed by atoms with Gasteiger partial charge < -0.3 is 9.32 Å². The van der Waals surface area contributed by atoms with Gasteiger partial charge in [-0.1, -0.05) is 24.4 Å². The van der Waals surface area contributed by atoms with Crippen molar-refractivity contribution in [2.24, 2.45) is 0 Å². The first-order chi connectivity index (χ1) is 14.2. The van der Waals surface area contributed by atoms with Crippen molar-refractivity contribution < 1.29 is 9.21 Å². The summed E-state index contributed by atoms with van der Waals surface area (Å²) in [6.45, 7) is 0.799. The van der Waals surface area contributed by atoms with Crippen LogP contribution in [0.4, 0.5) is 0 Å². The molecular formula is C23H24ClN3O2. The van der Waals surface area contributed by atoms with Gasteiger partial charge in [0.2, 0.25) is 5.91 Å². The average Bonchev–Trinajstić information content (AvgIpc) is 3.09. The summed E-state index contributed by atoms with van der Waals surface area (Å²) in [6.07, 6.45) is 10.5. The van der Waals surface area contributed by atoms with Crippen LogP contribution < -0.4 is 0 Å². The summed E-state index contributed by atoms with van der Waals surface area (Å²) in [5.41, 5.74) is 2.08. The van der Waals surface area contributed by atoms with Gasteiger partial charge in [-0.2, -0.15) is 0 Å². The van der Waals surface area contributed by atoms with E-state index >= 15 is 0 Å². The van der Waals surface area contributed by atoms with Crippen molar-refractivity contribution in [3.05, 3.63) is 71.5 Å². The molecule has 1 fully saturated rings. The quantitative estimate of drug-likeness (QED) is 0.560. The van der Waals surface area contributed by atoms with Gasteiger partial charge in [-0.15, -0.1) is 0 Å². The molecule has 3 heterocycles. The molecule has 1 saturated heterocycles. The zero-order valence-corrected chi connectivity index (χ0v) is 17.0. The van der Waals surface area contributed by atoms with Crippen molar-refractivity contribution in [3.63, 3.8) is 0 Å². The molecule has 0 saturated carbocycles. The molecule has 1 amide bonds. The number of benzene rings is 1. The minimum absolute atomic E-state index is 0.127. The van der Waals surface area contributed by atoms with Crippen LogP contribution >= 0.6 is 11.6 Å². The molecular weight excluding hydrogens is 386 g/mol. The fraction of sp³-hybridized carbons (Fsp3) is 0.348. The molecule has 1 aliphatic heterocycles. The van der Waals surface area contributed by atoms with E-state index in [4.69, 9.17) is 16.0 Å². The SMILES string of the molecule is O=C(CCc1ncc(-c2ccc(Cl)cc2)o1)N1CCCCCC1c1ccncc1. The molecule has 1 unspecified atom stereocenters. The van der Waals surface area contributed by atoms with Crippen molar-refractivity contribution >= 4 is 17.5 Å². The van der Waals surface area contributed by atoms with Gasteiger partial charge in [0, 0.05) is 42.4 Å². The third kappa shape index (κ3) is 4.85. The average molecular weight is 410 g/mol. The molecule has 0 N–H and O–H groups in total. The van der Waals surface area contributed by atoms with E-state index in [0.29, 0.717) is 29.5 Å². The van der Waals surface area contributed by atoms with E-state index in [1.54, 1.807) is 18.6 Å². The predicted molar refractivity (Wildman–Crippen MR) is 112 cm³/mol. The lowest BCUT2D eigenvalue weighted by molar-refractivity contribution is -0.133. The molecule has 1 aliphatic rings. The van der Waals surface area contributed by atoms with Crippen LogP contribution in [0.15, 0.2) is 59.4 Å². The van der Waals surface area contributed by atoms with Crippen LogP contribution in [0.3, 0.4) is 0 Å². The second kappa shape index (κ2) is 9.23.